The van der Waals surface area contributed by atoms with E-state index in [4.69, 9.17) is 9.72 Å². The summed E-state index contributed by atoms with van der Waals surface area (Å²) in [5.41, 5.74) is 1.10. The van der Waals surface area contributed by atoms with Gasteiger partial charge in [0.1, 0.15) is 0 Å². The second kappa shape index (κ2) is 8.71. The molecule has 1 saturated carbocycles. The number of aromatic nitrogens is 1. The normalized spacial score (nSPS) is 15.2. The number of thiazole rings is 1. The van der Waals surface area contributed by atoms with Gasteiger partial charge in [0.05, 0.1) is 12.3 Å². The van der Waals surface area contributed by atoms with Crippen molar-refractivity contribution in [2.45, 2.75) is 52.7 Å². The lowest BCUT2D eigenvalue weighted by Gasteiger charge is -2.31. The van der Waals surface area contributed by atoms with Crippen LogP contribution in [0.15, 0.2) is 0 Å². The summed E-state index contributed by atoms with van der Waals surface area (Å²) in [6.07, 6.45) is 5.34. The van der Waals surface area contributed by atoms with Crippen molar-refractivity contribution in [3.8, 4) is 0 Å². The number of anilines is 1. The summed E-state index contributed by atoms with van der Waals surface area (Å²) in [5, 5.41) is 4.65. The molecule has 0 unspecified atom stereocenters. The van der Waals surface area contributed by atoms with Crippen LogP contribution in [0.3, 0.4) is 0 Å². The molecule has 0 radical (unpaired) electrons. The zero-order valence-corrected chi connectivity index (χ0v) is 14.5. The lowest BCUT2D eigenvalue weighted by molar-refractivity contribution is 0.181. The number of hydrogen-bond donors (Lipinski definition) is 1. The van der Waals surface area contributed by atoms with Gasteiger partial charge < -0.3 is 15.0 Å². The van der Waals surface area contributed by atoms with Crippen LogP contribution in [0.4, 0.5) is 5.13 Å². The van der Waals surface area contributed by atoms with Gasteiger partial charge in [0.25, 0.3) is 0 Å². The van der Waals surface area contributed by atoms with Crippen LogP contribution in [-0.4, -0.2) is 31.7 Å². The van der Waals surface area contributed by atoms with E-state index in [-0.39, 0.29) is 0 Å². The minimum Gasteiger partial charge on any atom is -0.378 e. The Hall–Kier alpha value is -0.650. The summed E-state index contributed by atoms with van der Waals surface area (Å²) in [4.78, 5) is 8.61. The first-order valence-corrected chi connectivity index (χ1v) is 9.03. The zero-order chi connectivity index (χ0) is 15.1. The average molecular weight is 311 g/mol. The van der Waals surface area contributed by atoms with Gasteiger partial charge in [-0.15, -0.1) is 11.3 Å². The lowest BCUT2D eigenvalue weighted by Crippen LogP contribution is -2.32. The predicted octanol–water partition coefficient (Wildman–Crippen LogP) is 3.42. The first-order valence-electron chi connectivity index (χ1n) is 8.21. The summed E-state index contributed by atoms with van der Waals surface area (Å²) in [7, 11) is 1.74. The Kier molecular flexibility index (Phi) is 6.93. The van der Waals surface area contributed by atoms with Crippen LogP contribution in [0.1, 0.15) is 50.1 Å². The molecule has 0 amide bonds. The van der Waals surface area contributed by atoms with Crippen molar-refractivity contribution in [2.75, 3.05) is 31.6 Å². The topological polar surface area (TPSA) is 37.4 Å². The molecule has 1 heterocycles. The summed E-state index contributed by atoms with van der Waals surface area (Å²) in [5.74, 6) is 0.876. The molecule has 2 rings (SSSR count). The quantitative estimate of drug-likeness (QED) is 0.672. The zero-order valence-electron chi connectivity index (χ0n) is 13.7. The summed E-state index contributed by atoms with van der Waals surface area (Å²) >= 11 is 1.83. The molecule has 0 atom stereocenters. The maximum absolute atomic E-state index is 5.31. The van der Waals surface area contributed by atoms with Crippen LogP contribution in [0, 0.1) is 5.92 Å². The molecule has 1 fully saturated rings. The minimum atomic E-state index is 0.612. The van der Waals surface area contributed by atoms with Gasteiger partial charge in [-0.3, -0.25) is 0 Å². The van der Waals surface area contributed by atoms with Gasteiger partial charge in [0.2, 0.25) is 0 Å². The van der Waals surface area contributed by atoms with Crippen LogP contribution in [0.2, 0.25) is 0 Å². The van der Waals surface area contributed by atoms with E-state index in [9.17, 15) is 0 Å². The number of nitrogens with one attached hydrogen (secondary N) is 1. The van der Waals surface area contributed by atoms with Crippen LogP contribution in [0.25, 0.3) is 0 Å². The van der Waals surface area contributed by atoms with Gasteiger partial charge in [-0.25, -0.2) is 4.98 Å². The van der Waals surface area contributed by atoms with Crippen molar-refractivity contribution in [3.05, 3.63) is 10.6 Å². The molecule has 5 heteroatoms. The fraction of sp³-hybridized carbons (Fsp3) is 0.812. The third-order valence-corrected chi connectivity index (χ3v) is 5.27. The molecule has 21 heavy (non-hydrogen) atoms. The highest BCUT2D eigenvalue weighted by molar-refractivity contribution is 7.15. The molecule has 0 aromatic carbocycles. The molecule has 0 saturated heterocycles. The van der Waals surface area contributed by atoms with E-state index in [0.717, 1.165) is 44.2 Å². The molecular formula is C16H29N3OS. The van der Waals surface area contributed by atoms with Crippen molar-refractivity contribution in [3.63, 3.8) is 0 Å². The van der Waals surface area contributed by atoms with Gasteiger partial charge in [-0.1, -0.05) is 13.3 Å². The van der Waals surface area contributed by atoms with Crippen LogP contribution < -0.4 is 10.2 Å². The fourth-order valence-corrected chi connectivity index (χ4v) is 3.71. The minimum absolute atomic E-state index is 0.612. The highest BCUT2D eigenvalue weighted by Gasteiger charge is 2.22. The van der Waals surface area contributed by atoms with Gasteiger partial charge in [0.15, 0.2) is 5.13 Å². The molecule has 120 valence electrons. The number of nitrogens with zero attached hydrogens (tertiary/aromatic N) is 2. The van der Waals surface area contributed by atoms with Gasteiger partial charge >= 0.3 is 0 Å². The smallest absolute Gasteiger partial charge is 0.185 e. The second-order valence-corrected chi connectivity index (χ2v) is 6.87. The van der Waals surface area contributed by atoms with Crippen LogP contribution >= 0.6 is 11.3 Å². The predicted molar refractivity (Wildman–Crippen MR) is 90.1 cm³/mol. The molecular weight excluding hydrogens is 282 g/mol. The monoisotopic (exact) mass is 311 g/mol. The Balaban J connectivity index is 2.03. The van der Waals surface area contributed by atoms with Gasteiger partial charge in [-0.2, -0.15) is 0 Å². The first kappa shape index (κ1) is 16.7. The maximum atomic E-state index is 5.31. The van der Waals surface area contributed by atoms with Crippen LogP contribution in [0.5, 0.6) is 0 Å². The Morgan fingerprint density at radius 2 is 2.19 bits per heavy atom. The third-order valence-electron chi connectivity index (χ3n) is 4.12. The molecule has 1 aliphatic rings. The summed E-state index contributed by atoms with van der Waals surface area (Å²) < 4.78 is 5.31. The number of rotatable bonds is 10. The summed E-state index contributed by atoms with van der Waals surface area (Å²) in [6, 6.07) is 0. The second-order valence-electron chi connectivity index (χ2n) is 5.81. The van der Waals surface area contributed by atoms with Crippen molar-refractivity contribution in [1.29, 1.82) is 0 Å². The van der Waals surface area contributed by atoms with E-state index in [1.54, 1.807) is 7.11 Å². The first-order chi connectivity index (χ1) is 10.3. The van der Waals surface area contributed by atoms with Crippen molar-refractivity contribution >= 4 is 16.5 Å². The Morgan fingerprint density at radius 3 is 2.76 bits per heavy atom. The highest BCUT2D eigenvalue weighted by atomic mass is 32.1. The standard InChI is InChI=1S/C16H29N3OS/c1-4-9-17-10-15-14(12-20-3)18-16(21-15)19(5-2)11-13-7-6-8-13/h13,17H,4-12H2,1-3H3. The molecule has 0 bridgehead atoms. The van der Waals surface area contributed by atoms with Gasteiger partial charge in [0, 0.05) is 31.6 Å². The molecule has 1 aromatic rings. The highest BCUT2D eigenvalue weighted by Crippen LogP contribution is 2.32. The Morgan fingerprint density at radius 1 is 1.38 bits per heavy atom. The molecule has 1 aliphatic carbocycles. The lowest BCUT2D eigenvalue weighted by atomic mass is 9.85. The van der Waals surface area contributed by atoms with E-state index < -0.39 is 0 Å². The van der Waals surface area contributed by atoms with E-state index in [1.807, 2.05) is 11.3 Å². The summed E-state index contributed by atoms with van der Waals surface area (Å²) in [6.45, 7) is 9.20. The van der Waals surface area contributed by atoms with Crippen molar-refractivity contribution in [1.82, 2.24) is 10.3 Å². The Labute approximate surface area is 132 Å². The molecule has 1 aromatic heterocycles. The third kappa shape index (κ3) is 4.66. The Bertz CT molecular complexity index is 418. The van der Waals surface area contributed by atoms with E-state index >= 15 is 0 Å². The molecule has 0 aliphatic heterocycles. The van der Waals surface area contributed by atoms with E-state index in [0.29, 0.717) is 6.61 Å². The number of ether oxygens (including phenoxy) is 1. The average Bonchev–Trinajstić information content (AvgIpc) is 2.82. The molecule has 0 spiro atoms. The maximum Gasteiger partial charge on any atom is 0.185 e. The van der Waals surface area contributed by atoms with Crippen molar-refractivity contribution in [2.24, 2.45) is 5.92 Å². The fourth-order valence-electron chi connectivity index (χ4n) is 2.60. The van der Waals surface area contributed by atoms with Gasteiger partial charge in [-0.05, 0) is 38.6 Å². The largest absolute Gasteiger partial charge is 0.378 e. The van der Waals surface area contributed by atoms with E-state index in [1.165, 1.54) is 29.3 Å². The van der Waals surface area contributed by atoms with E-state index in [2.05, 4.69) is 24.1 Å². The number of methoxy groups -OCH3 is 1. The molecule has 1 N–H and O–H groups in total. The SMILES string of the molecule is CCCNCc1sc(N(CC)CC2CCC2)nc1COC. The number of hydrogen-bond acceptors (Lipinski definition) is 5. The van der Waals surface area contributed by atoms with Crippen LogP contribution in [-0.2, 0) is 17.9 Å². The van der Waals surface area contributed by atoms with Crippen molar-refractivity contribution < 1.29 is 4.74 Å². The molecule has 4 nitrogen and oxygen atoms in total.